The molecule has 4 nitrogen and oxygen atoms in total. The molecular formula is C10H24N2O2S. The Morgan fingerprint density at radius 1 is 1.33 bits per heavy atom. The molecule has 0 aliphatic carbocycles. The molecule has 0 aliphatic rings. The summed E-state index contributed by atoms with van der Waals surface area (Å²) in [7, 11) is -0.879. The van der Waals surface area contributed by atoms with Crippen molar-refractivity contribution in [2.75, 3.05) is 38.7 Å². The molecule has 0 amide bonds. The van der Waals surface area contributed by atoms with E-state index in [1.54, 1.807) is 0 Å². The minimum Gasteiger partial charge on any atom is -0.313 e. The standard InChI is InChI=1S/C10H24N2O2S/c1-5-10(2)11-6-7-12(3)8-9-15(4,13)14/h10-11H,5-9H2,1-4H3. The smallest absolute Gasteiger partial charge is 0.148 e. The zero-order chi connectivity index (χ0) is 11.9. The summed E-state index contributed by atoms with van der Waals surface area (Å²) in [5.41, 5.74) is 0. The molecule has 0 spiro atoms. The van der Waals surface area contributed by atoms with Gasteiger partial charge in [0, 0.05) is 31.9 Å². The molecule has 1 unspecified atom stereocenters. The van der Waals surface area contributed by atoms with Gasteiger partial charge in [-0.2, -0.15) is 0 Å². The third-order valence-electron chi connectivity index (χ3n) is 2.44. The first-order valence-corrected chi connectivity index (χ1v) is 7.51. The van der Waals surface area contributed by atoms with E-state index in [4.69, 9.17) is 0 Å². The maximum Gasteiger partial charge on any atom is 0.148 e. The van der Waals surface area contributed by atoms with Crippen molar-refractivity contribution in [2.24, 2.45) is 0 Å². The Hall–Kier alpha value is -0.130. The number of rotatable bonds is 8. The van der Waals surface area contributed by atoms with Crippen molar-refractivity contribution in [1.29, 1.82) is 0 Å². The average molecular weight is 236 g/mol. The van der Waals surface area contributed by atoms with Gasteiger partial charge in [-0.3, -0.25) is 0 Å². The highest BCUT2D eigenvalue weighted by molar-refractivity contribution is 7.90. The third kappa shape index (κ3) is 10.2. The SMILES string of the molecule is CCC(C)NCCN(C)CCS(C)(=O)=O. The second-order valence-corrected chi connectivity index (χ2v) is 6.46. The minimum absolute atomic E-state index is 0.243. The Morgan fingerprint density at radius 2 is 1.93 bits per heavy atom. The van der Waals surface area contributed by atoms with E-state index < -0.39 is 9.84 Å². The average Bonchev–Trinajstić information content (AvgIpc) is 2.13. The van der Waals surface area contributed by atoms with Gasteiger partial charge in [-0.15, -0.1) is 0 Å². The molecule has 0 bridgehead atoms. The van der Waals surface area contributed by atoms with Crippen LogP contribution in [-0.4, -0.2) is 58.1 Å². The summed E-state index contributed by atoms with van der Waals surface area (Å²) in [6.45, 7) is 6.71. The zero-order valence-corrected chi connectivity index (χ0v) is 11.1. The highest BCUT2D eigenvalue weighted by Gasteiger charge is 2.05. The topological polar surface area (TPSA) is 49.4 Å². The first-order valence-electron chi connectivity index (χ1n) is 5.44. The number of nitrogens with zero attached hydrogens (tertiary/aromatic N) is 1. The van der Waals surface area contributed by atoms with E-state index >= 15 is 0 Å². The van der Waals surface area contributed by atoms with E-state index in [0.29, 0.717) is 12.6 Å². The molecule has 0 aliphatic heterocycles. The maximum atomic E-state index is 10.9. The fourth-order valence-electron chi connectivity index (χ4n) is 1.08. The normalized spacial score (nSPS) is 14.5. The van der Waals surface area contributed by atoms with Crippen LogP contribution in [-0.2, 0) is 9.84 Å². The van der Waals surface area contributed by atoms with Crippen LogP contribution in [0.3, 0.4) is 0 Å². The number of nitrogens with one attached hydrogen (secondary N) is 1. The van der Waals surface area contributed by atoms with Gasteiger partial charge in [-0.25, -0.2) is 8.42 Å². The Labute approximate surface area is 94.0 Å². The molecule has 92 valence electrons. The molecule has 0 heterocycles. The van der Waals surface area contributed by atoms with Gasteiger partial charge in [0.2, 0.25) is 0 Å². The first kappa shape index (κ1) is 14.9. The van der Waals surface area contributed by atoms with Gasteiger partial charge >= 0.3 is 0 Å². The molecule has 0 aromatic rings. The summed E-state index contributed by atoms with van der Waals surface area (Å²) >= 11 is 0. The molecule has 0 aromatic carbocycles. The highest BCUT2D eigenvalue weighted by Crippen LogP contribution is 1.89. The monoisotopic (exact) mass is 236 g/mol. The van der Waals surface area contributed by atoms with Crippen molar-refractivity contribution in [3.63, 3.8) is 0 Å². The van der Waals surface area contributed by atoms with E-state index in [-0.39, 0.29) is 5.75 Å². The Morgan fingerprint density at radius 3 is 2.40 bits per heavy atom. The van der Waals surface area contributed by atoms with Gasteiger partial charge in [0.1, 0.15) is 9.84 Å². The van der Waals surface area contributed by atoms with E-state index in [1.807, 2.05) is 11.9 Å². The van der Waals surface area contributed by atoms with Crippen molar-refractivity contribution >= 4 is 9.84 Å². The second kappa shape index (κ2) is 7.19. The van der Waals surface area contributed by atoms with Crippen LogP contribution in [0.25, 0.3) is 0 Å². The number of likely N-dealkylation sites (N-methyl/N-ethyl adjacent to an activating group) is 1. The van der Waals surface area contributed by atoms with Crippen LogP contribution < -0.4 is 5.32 Å². The lowest BCUT2D eigenvalue weighted by molar-refractivity contribution is 0.341. The molecule has 0 aromatic heterocycles. The molecule has 0 radical (unpaired) electrons. The van der Waals surface area contributed by atoms with Gasteiger partial charge in [0.15, 0.2) is 0 Å². The predicted molar refractivity (Wildman–Crippen MR) is 65.0 cm³/mol. The molecule has 0 saturated heterocycles. The van der Waals surface area contributed by atoms with Crippen LogP contribution in [0, 0.1) is 0 Å². The van der Waals surface area contributed by atoms with Crippen LogP contribution in [0.5, 0.6) is 0 Å². The number of hydrogen-bond donors (Lipinski definition) is 1. The first-order chi connectivity index (χ1) is 6.85. The molecule has 1 atom stereocenters. The summed E-state index contributed by atoms with van der Waals surface area (Å²) in [6.07, 6.45) is 2.39. The minimum atomic E-state index is -2.83. The molecule has 1 N–H and O–H groups in total. The van der Waals surface area contributed by atoms with Crippen molar-refractivity contribution in [3.8, 4) is 0 Å². The Bertz CT molecular complexity index is 252. The summed E-state index contributed by atoms with van der Waals surface area (Å²) in [4.78, 5) is 2.04. The Balaban J connectivity index is 3.54. The van der Waals surface area contributed by atoms with Gasteiger partial charge in [0.25, 0.3) is 0 Å². The van der Waals surface area contributed by atoms with Crippen LogP contribution in [0.2, 0.25) is 0 Å². The fourth-order valence-corrected chi connectivity index (χ4v) is 1.72. The van der Waals surface area contributed by atoms with Crippen molar-refractivity contribution in [3.05, 3.63) is 0 Å². The second-order valence-electron chi connectivity index (χ2n) is 4.20. The van der Waals surface area contributed by atoms with E-state index in [2.05, 4.69) is 19.2 Å². The molecular weight excluding hydrogens is 212 g/mol. The van der Waals surface area contributed by atoms with Crippen molar-refractivity contribution < 1.29 is 8.42 Å². The molecule has 15 heavy (non-hydrogen) atoms. The van der Waals surface area contributed by atoms with Crippen LogP contribution in [0.1, 0.15) is 20.3 Å². The maximum absolute atomic E-state index is 10.9. The lowest BCUT2D eigenvalue weighted by Crippen LogP contribution is -2.35. The van der Waals surface area contributed by atoms with E-state index in [1.165, 1.54) is 6.26 Å². The molecule has 5 heteroatoms. The van der Waals surface area contributed by atoms with Crippen molar-refractivity contribution in [2.45, 2.75) is 26.3 Å². The number of hydrogen-bond acceptors (Lipinski definition) is 4. The molecule has 0 fully saturated rings. The summed E-state index contributed by atoms with van der Waals surface area (Å²) in [5, 5.41) is 3.37. The van der Waals surface area contributed by atoms with Gasteiger partial charge < -0.3 is 10.2 Å². The fraction of sp³-hybridized carbons (Fsp3) is 1.00. The number of sulfone groups is 1. The highest BCUT2D eigenvalue weighted by atomic mass is 32.2. The Kier molecular flexibility index (Phi) is 7.13. The van der Waals surface area contributed by atoms with Crippen LogP contribution in [0.15, 0.2) is 0 Å². The predicted octanol–water partition coefficient (Wildman–Crippen LogP) is 0.351. The van der Waals surface area contributed by atoms with E-state index in [9.17, 15) is 8.42 Å². The third-order valence-corrected chi connectivity index (χ3v) is 3.37. The zero-order valence-electron chi connectivity index (χ0n) is 10.3. The van der Waals surface area contributed by atoms with Crippen LogP contribution in [0.4, 0.5) is 0 Å². The van der Waals surface area contributed by atoms with Gasteiger partial charge in [0.05, 0.1) is 5.75 Å². The summed E-state index contributed by atoms with van der Waals surface area (Å²) in [5.74, 6) is 0.243. The largest absolute Gasteiger partial charge is 0.313 e. The van der Waals surface area contributed by atoms with Gasteiger partial charge in [-0.1, -0.05) is 6.92 Å². The quantitative estimate of drug-likeness (QED) is 0.661. The lowest BCUT2D eigenvalue weighted by Gasteiger charge is -2.18. The van der Waals surface area contributed by atoms with Crippen LogP contribution >= 0.6 is 0 Å². The molecule has 0 saturated carbocycles. The van der Waals surface area contributed by atoms with E-state index in [0.717, 1.165) is 19.5 Å². The lowest BCUT2D eigenvalue weighted by atomic mass is 10.2. The summed E-state index contributed by atoms with van der Waals surface area (Å²) in [6, 6.07) is 0.535. The van der Waals surface area contributed by atoms with Crippen molar-refractivity contribution in [1.82, 2.24) is 10.2 Å². The molecule has 0 rings (SSSR count). The summed E-state index contributed by atoms with van der Waals surface area (Å²) < 4.78 is 21.8. The van der Waals surface area contributed by atoms with Gasteiger partial charge in [-0.05, 0) is 20.4 Å².